The Morgan fingerprint density at radius 3 is 2.75 bits per heavy atom. The number of aromatic nitrogens is 1. The normalized spacial score (nSPS) is 10.3. The van der Waals surface area contributed by atoms with E-state index >= 15 is 0 Å². The standard InChI is InChI=1S/C12H16ClN3O4/c13-11-7-9(10(8-15-11)16(19)20)12(18)14-5-3-1-2-4-6-17/h7-8,17H,1-6H2,(H,14,18). The van der Waals surface area contributed by atoms with E-state index in [2.05, 4.69) is 10.3 Å². The molecule has 1 heterocycles. The molecule has 0 unspecified atom stereocenters. The fourth-order valence-electron chi connectivity index (χ4n) is 1.64. The van der Waals surface area contributed by atoms with Crippen LogP contribution in [-0.4, -0.2) is 34.1 Å². The zero-order valence-corrected chi connectivity index (χ0v) is 11.6. The number of carbonyl (C=O) groups is 1. The van der Waals surface area contributed by atoms with Crippen LogP contribution >= 0.6 is 11.6 Å². The topological polar surface area (TPSA) is 105 Å². The average molecular weight is 302 g/mol. The molecular formula is C12H16ClN3O4. The number of carbonyl (C=O) groups excluding carboxylic acids is 1. The summed E-state index contributed by atoms with van der Waals surface area (Å²) in [6.45, 7) is 0.579. The Kier molecular flexibility index (Phi) is 6.89. The number of halogens is 1. The molecule has 0 radical (unpaired) electrons. The lowest BCUT2D eigenvalue weighted by Crippen LogP contribution is -2.25. The molecule has 0 aromatic carbocycles. The van der Waals surface area contributed by atoms with Crippen LogP contribution in [0.4, 0.5) is 5.69 Å². The van der Waals surface area contributed by atoms with Crippen molar-refractivity contribution in [2.45, 2.75) is 25.7 Å². The van der Waals surface area contributed by atoms with Gasteiger partial charge < -0.3 is 10.4 Å². The highest BCUT2D eigenvalue weighted by atomic mass is 35.5. The van der Waals surface area contributed by atoms with Crippen LogP contribution in [0.3, 0.4) is 0 Å². The SMILES string of the molecule is O=C(NCCCCCCO)c1cc(Cl)ncc1[N+](=O)[O-]. The van der Waals surface area contributed by atoms with Gasteiger partial charge in [-0.2, -0.15) is 0 Å². The number of pyridine rings is 1. The number of nitrogens with zero attached hydrogens (tertiary/aromatic N) is 2. The lowest BCUT2D eigenvalue weighted by atomic mass is 10.2. The second kappa shape index (κ2) is 8.44. The van der Waals surface area contributed by atoms with Crippen molar-refractivity contribution in [3.8, 4) is 0 Å². The van der Waals surface area contributed by atoms with Gasteiger partial charge in [-0.05, 0) is 18.9 Å². The maximum atomic E-state index is 11.9. The smallest absolute Gasteiger partial charge is 0.300 e. The van der Waals surface area contributed by atoms with Crippen LogP contribution in [0.15, 0.2) is 12.3 Å². The van der Waals surface area contributed by atoms with Crippen molar-refractivity contribution in [1.29, 1.82) is 0 Å². The Morgan fingerprint density at radius 1 is 1.40 bits per heavy atom. The third kappa shape index (κ3) is 5.10. The second-order valence-corrected chi connectivity index (χ2v) is 4.56. The monoisotopic (exact) mass is 301 g/mol. The molecular weight excluding hydrogens is 286 g/mol. The lowest BCUT2D eigenvalue weighted by Gasteiger charge is -2.05. The van der Waals surface area contributed by atoms with Crippen LogP contribution in [0.1, 0.15) is 36.0 Å². The number of aliphatic hydroxyl groups excluding tert-OH is 1. The van der Waals surface area contributed by atoms with Gasteiger partial charge in [0.1, 0.15) is 16.9 Å². The first kappa shape index (κ1) is 16.3. The number of nitrogens with one attached hydrogen (secondary N) is 1. The van der Waals surface area contributed by atoms with Gasteiger partial charge in [0, 0.05) is 13.2 Å². The minimum absolute atomic E-state index is 0.0312. The van der Waals surface area contributed by atoms with Crippen molar-refractivity contribution >= 4 is 23.2 Å². The zero-order valence-electron chi connectivity index (χ0n) is 10.8. The van der Waals surface area contributed by atoms with Gasteiger partial charge in [0.25, 0.3) is 11.6 Å². The molecule has 110 valence electrons. The molecule has 2 N–H and O–H groups in total. The van der Waals surface area contributed by atoms with E-state index < -0.39 is 10.8 Å². The highest BCUT2D eigenvalue weighted by Gasteiger charge is 2.20. The van der Waals surface area contributed by atoms with Crippen molar-refractivity contribution in [2.75, 3.05) is 13.2 Å². The maximum absolute atomic E-state index is 11.9. The van der Waals surface area contributed by atoms with Crippen LogP contribution in [0.25, 0.3) is 0 Å². The van der Waals surface area contributed by atoms with E-state index in [4.69, 9.17) is 16.7 Å². The van der Waals surface area contributed by atoms with Crippen molar-refractivity contribution < 1.29 is 14.8 Å². The summed E-state index contributed by atoms with van der Waals surface area (Å²) in [4.78, 5) is 25.6. The molecule has 0 aliphatic heterocycles. The number of aliphatic hydroxyl groups is 1. The van der Waals surface area contributed by atoms with Gasteiger partial charge in [-0.25, -0.2) is 4.98 Å². The van der Waals surface area contributed by atoms with Gasteiger partial charge >= 0.3 is 0 Å². The molecule has 1 aromatic heterocycles. The van der Waals surface area contributed by atoms with E-state index in [0.29, 0.717) is 6.54 Å². The first-order valence-electron chi connectivity index (χ1n) is 6.25. The number of rotatable bonds is 8. The number of unbranched alkanes of at least 4 members (excludes halogenated alkanes) is 3. The molecule has 0 aliphatic carbocycles. The summed E-state index contributed by atoms with van der Waals surface area (Å²) in [6, 6.07) is 1.18. The fourth-order valence-corrected chi connectivity index (χ4v) is 1.80. The lowest BCUT2D eigenvalue weighted by molar-refractivity contribution is -0.385. The third-order valence-corrected chi connectivity index (χ3v) is 2.87. The molecule has 0 aliphatic rings. The molecule has 1 rings (SSSR count). The van der Waals surface area contributed by atoms with Crippen LogP contribution < -0.4 is 5.32 Å². The Balaban J connectivity index is 2.54. The Morgan fingerprint density at radius 2 is 2.10 bits per heavy atom. The molecule has 1 amide bonds. The van der Waals surface area contributed by atoms with Crippen molar-refractivity contribution in [3.05, 3.63) is 33.1 Å². The van der Waals surface area contributed by atoms with Crippen molar-refractivity contribution in [2.24, 2.45) is 0 Å². The van der Waals surface area contributed by atoms with E-state index in [1.165, 1.54) is 6.07 Å². The fraction of sp³-hybridized carbons (Fsp3) is 0.500. The molecule has 0 saturated heterocycles. The highest BCUT2D eigenvalue weighted by Crippen LogP contribution is 2.20. The molecule has 0 fully saturated rings. The van der Waals surface area contributed by atoms with E-state index in [-0.39, 0.29) is 23.0 Å². The van der Waals surface area contributed by atoms with Crippen LogP contribution in [0.2, 0.25) is 5.15 Å². The molecule has 0 bridgehead atoms. The summed E-state index contributed by atoms with van der Waals surface area (Å²) in [7, 11) is 0. The molecule has 8 heteroatoms. The molecule has 1 aromatic rings. The van der Waals surface area contributed by atoms with Crippen molar-refractivity contribution in [1.82, 2.24) is 10.3 Å². The summed E-state index contributed by atoms with van der Waals surface area (Å²) in [5.41, 5.74) is -0.461. The molecule has 0 atom stereocenters. The molecule has 7 nitrogen and oxygen atoms in total. The van der Waals surface area contributed by atoms with E-state index in [0.717, 1.165) is 31.9 Å². The first-order chi connectivity index (χ1) is 9.56. The van der Waals surface area contributed by atoms with Gasteiger partial charge in [0.05, 0.1) is 4.92 Å². The summed E-state index contributed by atoms with van der Waals surface area (Å²) in [6.07, 6.45) is 4.21. The highest BCUT2D eigenvalue weighted by molar-refractivity contribution is 6.29. The Labute approximate surface area is 121 Å². The van der Waals surface area contributed by atoms with Gasteiger partial charge in [-0.1, -0.05) is 24.4 Å². The predicted octanol–water partition coefficient (Wildman–Crippen LogP) is 1.93. The summed E-state index contributed by atoms with van der Waals surface area (Å²) in [5, 5.41) is 22.1. The Hall–Kier alpha value is -1.73. The van der Waals surface area contributed by atoms with Crippen molar-refractivity contribution in [3.63, 3.8) is 0 Å². The van der Waals surface area contributed by atoms with E-state index in [1.54, 1.807) is 0 Å². The Bertz CT molecular complexity index is 482. The number of nitro groups is 1. The number of hydrogen-bond acceptors (Lipinski definition) is 5. The van der Waals surface area contributed by atoms with E-state index in [1.807, 2.05) is 0 Å². The van der Waals surface area contributed by atoms with Gasteiger partial charge in [-0.3, -0.25) is 14.9 Å². The average Bonchev–Trinajstić information content (AvgIpc) is 2.42. The van der Waals surface area contributed by atoms with Crippen LogP contribution in [0.5, 0.6) is 0 Å². The summed E-state index contributed by atoms with van der Waals surface area (Å²) in [5.74, 6) is -0.539. The largest absolute Gasteiger partial charge is 0.396 e. The second-order valence-electron chi connectivity index (χ2n) is 4.18. The van der Waals surface area contributed by atoms with Gasteiger partial charge in [0.15, 0.2) is 0 Å². The minimum atomic E-state index is -0.667. The molecule has 20 heavy (non-hydrogen) atoms. The maximum Gasteiger partial charge on any atom is 0.300 e. The first-order valence-corrected chi connectivity index (χ1v) is 6.63. The predicted molar refractivity (Wildman–Crippen MR) is 73.8 cm³/mol. The quantitative estimate of drug-likeness (QED) is 0.330. The van der Waals surface area contributed by atoms with Gasteiger partial charge in [0.2, 0.25) is 0 Å². The summed E-state index contributed by atoms with van der Waals surface area (Å²) >= 11 is 5.65. The van der Waals surface area contributed by atoms with Crippen LogP contribution in [-0.2, 0) is 0 Å². The van der Waals surface area contributed by atoms with E-state index in [9.17, 15) is 14.9 Å². The third-order valence-electron chi connectivity index (χ3n) is 2.66. The molecule has 0 saturated carbocycles. The van der Waals surface area contributed by atoms with Crippen LogP contribution in [0, 0.1) is 10.1 Å². The number of amides is 1. The minimum Gasteiger partial charge on any atom is -0.396 e. The van der Waals surface area contributed by atoms with Gasteiger partial charge in [-0.15, -0.1) is 0 Å². The number of hydrogen-bond donors (Lipinski definition) is 2. The molecule has 0 spiro atoms. The zero-order chi connectivity index (χ0) is 15.0. The summed E-state index contributed by atoms with van der Waals surface area (Å²) < 4.78 is 0.